The second-order valence-electron chi connectivity index (χ2n) is 4.88. The number of anilines is 1. The van der Waals surface area contributed by atoms with Gasteiger partial charge in [-0.3, -0.25) is 10.1 Å². The first-order chi connectivity index (χ1) is 10.9. The summed E-state index contributed by atoms with van der Waals surface area (Å²) < 4.78 is 17.2. The van der Waals surface area contributed by atoms with Gasteiger partial charge < -0.3 is 14.4 Å². The largest absolute Gasteiger partial charge is 0.610 e. The predicted octanol–water partition coefficient (Wildman–Crippen LogP) is 3.02. The lowest BCUT2D eigenvalue weighted by atomic mass is 10.1. The van der Waals surface area contributed by atoms with Crippen LogP contribution >= 0.6 is 11.3 Å². The second kappa shape index (κ2) is 7.67. The summed E-state index contributed by atoms with van der Waals surface area (Å²) in [5.41, 5.74) is 0.0951. The topological polar surface area (TPSA) is 94.5 Å². The van der Waals surface area contributed by atoms with Gasteiger partial charge in [0.25, 0.3) is 10.9 Å². The number of amides is 1. The molecule has 0 saturated carbocycles. The van der Waals surface area contributed by atoms with Crippen molar-refractivity contribution in [2.75, 3.05) is 11.9 Å². The molecule has 0 saturated heterocycles. The molecule has 1 amide bonds. The number of nitrogens with zero attached hydrogens (tertiary/aromatic N) is 1. The number of aromatic nitrogens is 1. The second-order valence-corrected chi connectivity index (χ2v) is 7.69. The number of rotatable bonds is 6. The molecule has 0 bridgehead atoms. The number of thiazole rings is 1. The molecule has 0 aliphatic carbocycles. The molecule has 8 heteroatoms. The van der Waals surface area contributed by atoms with Crippen LogP contribution in [-0.2, 0) is 11.2 Å². The van der Waals surface area contributed by atoms with Crippen molar-refractivity contribution in [3.05, 3.63) is 29.1 Å². The highest BCUT2D eigenvalue weighted by Gasteiger charge is 2.21. The van der Waals surface area contributed by atoms with Crippen LogP contribution in [0, 0.1) is 0 Å². The standard InChI is InChI=1S/C15H18N2O4S2/c1-4-21-11-7-5-6-10(13(11)18)14(19)17-15-16-12(8-22-15)23(20)9(2)3/h5-9,18H,4H2,1-3H3,(H,16,17,19). The first-order valence-electron chi connectivity index (χ1n) is 7.06. The van der Waals surface area contributed by atoms with Gasteiger partial charge in [-0.05, 0) is 32.9 Å². The maximum atomic E-state index is 12.3. The van der Waals surface area contributed by atoms with Crippen LogP contribution in [0.25, 0.3) is 0 Å². The number of nitrogens with one attached hydrogen (secondary N) is 1. The molecule has 0 aliphatic heterocycles. The molecule has 0 radical (unpaired) electrons. The molecule has 1 aromatic heterocycles. The number of phenolic OH excluding ortho intramolecular Hbond substituents is 1. The Morgan fingerprint density at radius 1 is 1.52 bits per heavy atom. The van der Waals surface area contributed by atoms with E-state index < -0.39 is 17.1 Å². The molecular weight excluding hydrogens is 336 g/mol. The molecule has 2 N–H and O–H groups in total. The summed E-state index contributed by atoms with van der Waals surface area (Å²) in [6.45, 7) is 5.85. The van der Waals surface area contributed by atoms with Crippen molar-refractivity contribution in [2.24, 2.45) is 0 Å². The monoisotopic (exact) mass is 354 g/mol. The van der Waals surface area contributed by atoms with Crippen LogP contribution in [0.3, 0.4) is 0 Å². The minimum Gasteiger partial charge on any atom is -0.610 e. The van der Waals surface area contributed by atoms with Crippen molar-refractivity contribution in [1.29, 1.82) is 0 Å². The lowest BCUT2D eigenvalue weighted by Crippen LogP contribution is -2.15. The van der Waals surface area contributed by atoms with E-state index in [2.05, 4.69) is 10.3 Å². The Morgan fingerprint density at radius 3 is 2.91 bits per heavy atom. The first kappa shape index (κ1) is 17.6. The molecule has 0 aliphatic rings. The highest BCUT2D eigenvalue weighted by molar-refractivity contribution is 7.92. The molecule has 2 aromatic rings. The Hall–Kier alpha value is -1.77. The number of carbonyl (C=O) groups excluding carboxylic acids is 1. The van der Waals surface area contributed by atoms with Gasteiger partial charge in [-0.1, -0.05) is 17.4 Å². The highest BCUT2D eigenvalue weighted by Crippen LogP contribution is 2.31. The van der Waals surface area contributed by atoms with E-state index in [0.717, 1.165) is 0 Å². The number of ether oxygens (including phenoxy) is 1. The maximum Gasteiger partial charge on any atom is 0.261 e. The first-order valence-corrected chi connectivity index (χ1v) is 9.15. The number of carbonyl (C=O) groups is 1. The summed E-state index contributed by atoms with van der Waals surface area (Å²) in [7, 11) is 0. The van der Waals surface area contributed by atoms with Gasteiger partial charge in [0, 0.05) is 11.2 Å². The van der Waals surface area contributed by atoms with E-state index in [9.17, 15) is 14.5 Å². The van der Waals surface area contributed by atoms with Gasteiger partial charge in [0.15, 0.2) is 16.6 Å². The third kappa shape index (κ3) is 4.15. The Bertz CT molecular complexity index is 688. The van der Waals surface area contributed by atoms with Crippen molar-refractivity contribution >= 4 is 33.6 Å². The summed E-state index contributed by atoms with van der Waals surface area (Å²) in [6, 6.07) is 4.71. The smallest absolute Gasteiger partial charge is 0.261 e. The van der Waals surface area contributed by atoms with Crippen LogP contribution in [-0.4, -0.2) is 32.4 Å². The van der Waals surface area contributed by atoms with Gasteiger partial charge in [-0.2, -0.15) is 4.98 Å². The van der Waals surface area contributed by atoms with Crippen LogP contribution in [0.1, 0.15) is 31.1 Å². The fourth-order valence-electron chi connectivity index (χ4n) is 1.79. The average Bonchev–Trinajstić information content (AvgIpc) is 2.97. The normalized spacial score (nSPS) is 12.2. The van der Waals surface area contributed by atoms with Gasteiger partial charge in [0.05, 0.1) is 17.6 Å². The van der Waals surface area contributed by atoms with E-state index in [1.807, 2.05) is 13.8 Å². The van der Waals surface area contributed by atoms with E-state index in [1.165, 1.54) is 17.4 Å². The molecule has 124 valence electrons. The highest BCUT2D eigenvalue weighted by atomic mass is 32.2. The lowest BCUT2D eigenvalue weighted by molar-refractivity contribution is 0.102. The van der Waals surface area contributed by atoms with Crippen LogP contribution in [0.2, 0.25) is 0 Å². The molecule has 1 aromatic carbocycles. The van der Waals surface area contributed by atoms with Crippen LogP contribution < -0.4 is 10.1 Å². The molecule has 0 fully saturated rings. The van der Waals surface area contributed by atoms with Gasteiger partial charge >= 0.3 is 0 Å². The maximum absolute atomic E-state index is 12.3. The molecular formula is C15H18N2O4S2. The Kier molecular flexibility index (Phi) is 5.86. The van der Waals surface area contributed by atoms with E-state index in [1.54, 1.807) is 24.4 Å². The van der Waals surface area contributed by atoms with Gasteiger partial charge in [-0.25, -0.2) is 0 Å². The zero-order valence-corrected chi connectivity index (χ0v) is 14.7. The molecule has 1 atom stereocenters. The molecule has 1 heterocycles. The van der Waals surface area contributed by atoms with E-state index in [4.69, 9.17) is 4.74 Å². The van der Waals surface area contributed by atoms with Crippen molar-refractivity contribution in [2.45, 2.75) is 31.0 Å². The van der Waals surface area contributed by atoms with Gasteiger partial charge in [0.2, 0.25) is 0 Å². The van der Waals surface area contributed by atoms with E-state index in [0.29, 0.717) is 16.8 Å². The van der Waals surface area contributed by atoms with Crippen molar-refractivity contribution in [3.8, 4) is 11.5 Å². The number of aromatic hydroxyl groups is 1. The minimum absolute atomic E-state index is 0.0485. The summed E-state index contributed by atoms with van der Waals surface area (Å²) in [4.78, 5) is 16.4. The Morgan fingerprint density at radius 2 is 2.26 bits per heavy atom. The summed E-state index contributed by atoms with van der Waals surface area (Å²) in [5.74, 6) is -0.462. The van der Waals surface area contributed by atoms with Crippen LogP contribution in [0.15, 0.2) is 28.6 Å². The van der Waals surface area contributed by atoms with E-state index in [-0.39, 0.29) is 22.3 Å². The number of phenols is 1. The molecule has 6 nitrogen and oxygen atoms in total. The third-order valence-electron chi connectivity index (χ3n) is 2.88. The van der Waals surface area contributed by atoms with Crippen molar-refractivity contribution in [1.82, 2.24) is 4.98 Å². The summed E-state index contributed by atoms with van der Waals surface area (Å²) in [6.07, 6.45) is 0. The fourth-order valence-corrected chi connectivity index (χ4v) is 3.61. The molecule has 23 heavy (non-hydrogen) atoms. The van der Waals surface area contributed by atoms with E-state index >= 15 is 0 Å². The zero-order valence-electron chi connectivity index (χ0n) is 13.0. The van der Waals surface area contributed by atoms with Crippen LogP contribution in [0.4, 0.5) is 5.13 Å². The lowest BCUT2D eigenvalue weighted by Gasteiger charge is -2.10. The number of para-hydroxylation sites is 1. The Balaban J connectivity index is 2.15. The van der Waals surface area contributed by atoms with Gasteiger partial charge in [0.1, 0.15) is 5.25 Å². The number of benzene rings is 1. The summed E-state index contributed by atoms with van der Waals surface area (Å²) in [5, 5.41) is 15.1. The molecule has 2 rings (SSSR count). The van der Waals surface area contributed by atoms with Crippen molar-refractivity contribution < 1.29 is 19.2 Å². The number of hydrogen-bond donors (Lipinski definition) is 2. The SMILES string of the molecule is CCOc1cccc(C(=O)Nc2nc([S+]([O-])C(C)C)cs2)c1O. The summed E-state index contributed by atoms with van der Waals surface area (Å²) >= 11 is -0.0161. The molecule has 1 unspecified atom stereocenters. The average molecular weight is 354 g/mol. The fraction of sp³-hybridized carbons (Fsp3) is 0.333. The zero-order chi connectivity index (χ0) is 17.0. The molecule has 0 spiro atoms. The van der Waals surface area contributed by atoms with Gasteiger partial charge in [-0.15, -0.1) is 0 Å². The Labute approximate surface area is 141 Å². The van der Waals surface area contributed by atoms with Crippen molar-refractivity contribution in [3.63, 3.8) is 0 Å². The predicted molar refractivity (Wildman–Crippen MR) is 90.9 cm³/mol. The third-order valence-corrected chi connectivity index (χ3v) is 5.27. The quantitative estimate of drug-likeness (QED) is 0.778. The number of hydrogen-bond acceptors (Lipinski definition) is 6. The van der Waals surface area contributed by atoms with Crippen LogP contribution in [0.5, 0.6) is 11.5 Å². The minimum atomic E-state index is -1.21.